The van der Waals surface area contributed by atoms with Crippen LogP contribution in [0.15, 0.2) is 26.7 Å². The minimum atomic E-state index is -3.40. The summed E-state index contributed by atoms with van der Waals surface area (Å²) < 4.78 is 26.6. The molecular weight excluding hydrogens is 308 g/mol. The Labute approximate surface area is 130 Å². The van der Waals surface area contributed by atoms with E-state index in [0.29, 0.717) is 16.7 Å². The van der Waals surface area contributed by atoms with E-state index in [-0.39, 0.29) is 6.54 Å². The molecule has 2 rings (SSSR count). The molecule has 1 saturated heterocycles. The van der Waals surface area contributed by atoms with Crippen molar-refractivity contribution in [2.75, 3.05) is 26.2 Å². The van der Waals surface area contributed by atoms with Crippen LogP contribution in [0.3, 0.4) is 0 Å². The number of hydrogen-bond acceptors (Lipinski definition) is 4. The molecule has 2 heterocycles. The van der Waals surface area contributed by atoms with E-state index in [1.807, 2.05) is 0 Å². The van der Waals surface area contributed by atoms with Gasteiger partial charge in [-0.3, -0.25) is 4.99 Å². The maximum absolute atomic E-state index is 11.9. The van der Waals surface area contributed by atoms with E-state index in [9.17, 15) is 8.42 Å². The Morgan fingerprint density at radius 1 is 1.52 bits per heavy atom. The number of aliphatic imine (C=N–C) groups is 1. The number of piperidine rings is 1. The topological polar surface area (TPSA) is 87.8 Å². The standard InChI is InChI=1S/C13H22N4O2S2/c1-11-4-8-17(9-5-11)13(14)15-6-7-16-21(18,19)12-3-2-10-20-12/h2-3,10-11,16H,4-9H2,1H3,(H2,14,15). The Hall–Kier alpha value is -1.12. The number of likely N-dealkylation sites (tertiary alicyclic amines) is 1. The highest BCUT2D eigenvalue weighted by Gasteiger charge is 2.17. The fraction of sp³-hybridized carbons (Fsp3) is 0.615. The van der Waals surface area contributed by atoms with Gasteiger partial charge in [0.1, 0.15) is 4.21 Å². The number of nitrogens with two attached hydrogens (primary N) is 1. The highest BCUT2D eigenvalue weighted by atomic mass is 32.2. The van der Waals surface area contributed by atoms with E-state index in [2.05, 4.69) is 21.5 Å². The summed E-state index contributed by atoms with van der Waals surface area (Å²) in [6.07, 6.45) is 2.25. The monoisotopic (exact) mass is 330 g/mol. The van der Waals surface area contributed by atoms with Crippen molar-refractivity contribution in [3.8, 4) is 0 Å². The molecule has 1 aliphatic heterocycles. The van der Waals surface area contributed by atoms with Crippen LogP contribution in [0.2, 0.25) is 0 Å². The minimum Gasteiger partial charge on any atom is -0.370 e. The Morgan fingerprint density at radius 2 is 2.24 bits per heavy atom. The normalized spacial score (nSPS) is 18.1. The van der Waals surface area contributed by atoms with Crippen molar-refractivity contribution in [2.24, 2.45) is 16.6 Å². The minimum absolute atomic E-state index is 0.255. The Kier molecular flexibility index (Phi) is 5.60. The first kappa shape index (κ1) is 16.3. The predicted molar refractivity (Wildman–Crippen MR) is 86.0 cm³/mol. The Morgan fingerprint density at radius 3 is 2.86 bits per heavy atom. The molecule has 3 N–H and O–H groups in total. The number of nitrogens with one attached hydrogen (secondary N) is 1. The van der Waals surface area contributed by atoms with Gasteiger partial charge in [0.05, 0.1) is 6.54 Å². The van der Waals surface area contributed by atoms with E-state index in [1.54, 1.807) is 17.5 Å². The van der Waals surface area contributed by atoms with Gasteiger partial charge in [0.15, 0.2) is 5.96 Å². The van der Waals surface area contributed by atoms with E-state index in [4.69, 9.17) is 5.73 Å². The van der Waals surface area contributed by atoms with Crippen molar-refractivity contribution in [3.05, 3.63) is 17.5 Å². The van der Waals surface area contributed by atoms with Crippen LogP contribution in [0, 0.1) is 5.92 Å². The van der Waals surface area contributed by atoms with E-state index in [1.165, 1.54) is 11.3 Å². The first-order valence-electron chi connectivity index (χ1n) is 7.07. The lowest BCUT2D eigenvalue weighted by Gasteiger charge is -2.31. The van der Waals surface area contributed by atoms with Gasteiger partial charge in [0.2, 0.25) is 10.0 Å². The molecule has 118 valence electrons. The predicted octanol–water partition coefficient (Wildman–Crippen LogP) is 1.07. The third-order valence-corrected chi connectivity index (χ3v) is 6.40. The van der Waals surface area contributed by atoms with Gasteiger partial charge >= 0.3 is 0 Å². The molecule has 0 unspecified atom stereocenters. The summed E-state index contributed by atoms with van der Waals surface area (Å²) >= 11 is 1.20. The number of nitrogens with zero attached hydrogens (tertiary/aromatic N) is 2. The van der Waals surface area contributed by atoms with Crippen LogP contribution < -0.4 is 10.5 Å². The number of rotatable bonds is 5. The zero-order valence-corrected chi connectivity index (χ0v) is 13.8. The van der Waals surface area contributed by atoms with Crippen molar-refractivity contribution in [2.45, 2.75) is 24.0 Å². The van der Waals surface area contributed by atoms with Crippen LogP contribution in [0.4, 0.5) is 0 Å². The average molecular weight is 330 g/mol. The fourth-order valence-corrected chi connectivity index (χ4v) is 4.23. The van der Waals surface area contributed by atoms with Crippen molar-refractivity contribution in [1.29, 1.82) is 0 Å². The molecule has 21 heavy (non-hydrogen) atoms. The van der Waals surface area contributed by atoms with Gasteiger partial charge in [-0.2, -0.15) is 0 Å². The van der Waals surface area contributed by atoms with E-state index < -0.39 is 10.0 Å². The molecule has 0 aromatic carbocycles. The SMILES string of the molecule is CC1CCN(C(N)=NCCNS(=O)(=O)c2cccs2)CC1. The molecule has 1 aromatic heterocycles. The molecule has 1 aromatic rings. The first-order valence-corrected chi connectivity index (χ1v) is 9.43. The van der Waals surface area contributed by atoms with E-state index in [0.717, 1.165) is 31.8 Å². The quantitative estimate of drug-likeness (QED) is 0.480. The molecule has 0 saturated carbocycles. The van der Waals surface area contributed by atoms with Gasteiger partial charge in [-0.15, -0.1) is 11.3 Å². The molecule has 0 radical (unpaired) electrons. The van der Waals surface area contributed by atoms with Crippen LogP contribution in [0.1, 0.15) is 19.8 Å². The van der Waals surface area contributed by atoms with Crippen molar-refractivity contribution in [1.82, 2.24) is 9.62 Å². The summed E-state index contributed by atoms with van der Waals surface area (Å²) in [6.45, 7) is 4.70. The fourth-order valence-electron chi connectivity index (χ4n) is 2.18. The third-order valence-electron chi connectivity index (χ3n) is 3.55. The molecule has 0 aliphatic carbocycles. The second-order valence-corrected chi connectivity index (χ2v) is 8.18. The van der Waals surface area contributed by atoms with Crippen molar-refractivity contribution < 1.29 is 8.42 Å². The maximum atomic E-state index is 11.9. The summed E-state index contributed by atoms with van der Waals surface area (Å²) in [5.74, 6) is 1.25. The molecular formula is C13H22N4O2S2. The van der Waals surface area contributed by atoms with Crippen LogP contribution >= 0.6 is 11.3 Å². The lowest BCUT2D eigenvalue weighted by molar-refractivity contribution is 0.277. The summed E-state index contributed by atoms with van der Waals surface area (Å²) in [7, 11) is -3.40. The van der Waals surface area contributed by atoms with Gasteiger partial charge < -0.3 is 10.6 Å². The van der Waals surface area contributed by atoms with Crippen LogP contribution in [0.25, 0.3) is 0 Å². The second-order valence-electron chi connectivity index (χ2n) is 5.24. The van der Waals surface area contributed by atoms with Crippen molar-refractivity contribution in [3.63, 3.8) is 0 Å². The summed E-state index contributed by atoms with van der Waals surface area (Å²) in [6, 6.07) is 3.30. The van der Waals surface area contributed by atoms with Crippen LogP contribution in [-0.4, -0.2) is 45.5 Å². The van der Waals surface area contributed by atoms with Gasteiger partial charge in [0.25, 0.3) is 0 Å². The molecule has 0 amide bonds. The Bertz CT molecular complexity index is 561. The Balaban J connectivity index is 1.77. The molecule has 0 bridgehead atoms. The van der Waals surface area contributed by atoms with Crippen LogP contribution in [-0.2, 0) is 10.0 Å². The van der Waals surface area contributed by atoms with E-state index >= 15 is 0 Å². The molecule has 8 heteroatoms. The first-order chi connectivity index (χ1) is 9.99. The van der Waals surface area contributed by atoms with Gasteiger partial charge in [0, 0.05) is 19.6 Å². The zero-order valence-electron chi connectivity index (χ0n) is 12.2. The number of sulfonamides is 1. The van der Waals surface area contributed by atoms with Crippen molar-refractivity contribution >= 4 is 27.3 Å². The van der Waals surface area contributed by atoms with Crippen LogP contribution in [0.5, 0.6) is 0 Å². The highest BCUT2D eigenvalue weighted by Crippen LogP contribution is 2.16. The molecule has 1 fully saturated rings. The smallest absolute Gasteiger partial charge is 0.250 e. The lowest BCUT2D eigenvalue weighted by atomic mass is 10.00. The number of thiophene rings is 1. The average Bonchev–Trinajstić information content (AvgIpc) is 2.99. The highest BCUT2D eigenvalue weighted by molar-refractivity contribution is 7.91. The largest absolute Gasteiger partial charge is 0.370 e. The number of guanidine groups is 1. The van der Waals surface area contributed by atoms with Gasteiger partial charge in [-0.05, 0) is 30.2 Å². The lowest BCUT2D eigenvalue weighted by Crippen LogP contribution is -2.42. The molecule has 1 aliphatic rings. The summed E-state index contributed by atoms with van der Waals surface area (Å²) in [5.41, 5.74) is 5.94. The molecule has 6 nitrogen and oxygen atoms in total. The summed E-state index contributed by atoms with van der Waals surface area (Å²) in [5, 5.41) is 1.74. The zero-order chi connectivity index (χ0) is 15.3. The number of hydrogen-bond donors (Lipinski definition) is 2. The second kappa shape index (κ2) is 7.24. The van der Waals surface area contributed by atoms with Gasteiger partial charge in [-0.25, -0.2) is 13.1 Å². The molecule has 0 atom stereocenters. The third kappa shape index (κ3) is 4.69. The maximum Gasteiger partial charge on any atom is 0.250 e. The van der Waals surface area contributed by atoms with Gasteiger partial charge in [-0.1, -0.05) is 13.0 Å². The summed E-state index contributed by atoms with van der Waals surface area (Å²) in [4.78, 5) is 6.32. The molecule has 0 spiro atoms.